The molecule has 1 aliphatic heterocycles. The molecule has 2 aromatic rings. The van der Waals surface area contributed by atoms with Gasteiger partial charge in [0.25, 0.3) is 0 Å². The van der Waals surface area contributed by atoms with Gasteiger partial charge in [-0.25, -0.2) is 8.42 Å². The monoisotopic (exact) mass is 374 g/mol. The summed E-state index contributed by atoms with van der Waals surface area (Å²) in [7, 11) is -3.71. The largest absolute Gasteiger partial charge is 0.457 e. The molecular weight excluding hydrogens is 352 g/mol. The Kier molecular flexibility index (Phi) is 5.29. The number of amides is 1. The number of primary amides is 1. The lowest BCUT2D eigenvalue weighted by Crippen LogP contribution is -2.44. The molecule has 1 unspecified atom stereocenters. The van der Waals surface area contributed by atoms with Crippen LogP contribution in [0.1, 0.15) is 18.4 Å². The number of carbonyl (C=O) groups excluding carboxylic acids is 1. The molecular formula is C19H22N2O4S. The molecule has 0 spiro atoms. The number of piperidine rings is 1. The molecule has 1 amide bonds. The van der Waals surface area contributed by atoms with Crippen molar-refractivity contribution in [1.82, 2.24) is 4.31 Å². The van der Waals surface area contributed by atoms with E-state index in [1.165, 1.54) is 16.4 Å². The molecule has 3 rings (SSSR count). The van der Waals surface area contributed by atoms with Crippen LogP contribution in [0.15, 0.2) is 53.4 Å². The van der Waals surface area contributed by atoms with Crippen molar-refractivity contribution in [2.45, 2.75) is 24.7 Å². The fraction of sp³-hybridized carbons (Fsp3) is 0.316. The van der Waals surface area contributed by atoms with E-state index in [1.807, 2.05) is 31.2 Å². The second-order valence-corrected chi connectivity index (χ2v) is 8.38. The Morgan fingerprint density at radius 2 is 1.96 bits per heavy atom. The zero-order chi connectivity index (χ0) is 18.7. The number of nitrogens with two attached hydrogens (primary N) is 1. The summed E-state index contributed by atoms with van der Waals surface area (Å²) in [6.07, 6.45) is 1.24. The van der Waals surface area contributed by atoms with Gasteiger partial charge in [0.1, 0.15) is 11.5 Å². The van der Waals surface area contributed by atoms with Crippen LogP contribution in [0.2, 0.25) is 0 Å². The van der Waals surface area contributed by atoms with E-state index in [9.17, 15) is 13.2 Å². The Bertz CT molecular complexity index is 911. The summed E-state index contributed by atoms with van der Waals surface area (Å²) in [6, 6.07) is 13.9. The molecule has 0 radical (unpaired) electrons. The molecule has 7 heteroatoms. The predicted molar refractivity (Wildman–Crippen MR) is 98.4 cm³/mol. The van der Waals surface area contributed by atoms with Crippen molar-refractivity contribution in [3.63, 3.8) is 0 Å². The number of rotatable bonds is 5. The van der Waals surface area contributed by atoms with Crippen molar-refractivity contribution >= 4 is 15.9 Å². The first-order chi connectivity index (χ1) is 12.4. The van der Waals surface area contributed by atoms with Crippen molar-refractivity contribution < 1.29 is 17.9 Å². The van der Waals surface area contributed by atoms with Gasteiger partial charge < -0.3 is 10.5 Å². The van der Waals surface area contributed by atoms with Crippen LogP contribution in [0.5, 0.6) is 11.5 Å². The highest BCUT2D eigenvalue weighted by molar-refractivity contribution is 7.89. The fourth-order valence-corrected chi connectivity index (χ4v) is 4.60. The average Bonchev–Trinajstić information content (AvgIpc) is 2.64. The molecule has 26 heavy (non-hydrogen) atoms. The topological polar surface area (TPSA) is 89.7 Å². The molecule has 1 fully saturated rings. The maximum absolute atomic E-state index is 12.9. The first-order valence-electron chi connectivity index (χ1n) is 8.51. The van der Waals surface area contributed by atoms with E-state index >= 15 is 0 Å². The first kappa shape index (κ1) is 18.4. The van der Waals surface area contributed by atoms with Crippen molar-refractivity contribution in [1.29, 1.82) is 0 Å². The molecule has 6 nitrogen and oxygen atoms in total. The standard InChI is InChI=1S/C19H22N2O4S/c1-14-6-2-3-10-18(14)25-16-8-4-9-17(12-16)26(23,24)21-11-5-7-15(13-21)19(20)22/h2-4,6,8-10,12,15H,5,7,11,13H2,1H3,(H2,20,22). The first-order valence-corrected chi connectivity index (χ1v) is 9.95. The Morgan fingerprint density at radius 1 is 1.19 bits per heavy atom. The number of ether oxygens (including phenoxy) is 1. The predicted octanol–water partition coefficient (Wildman–Crippen LogP) is 2.67. The lowest BCUT2D eigenvalue weighted by atomic mass is 9.99. The molecule has 0 aliphatic carbocycles. The smallest absolute Gasteiger partial charge is 0.243 e. The second-order valence-electron chi connectivity index (χ2n) is 6.45. The molecule has 0 aromatic heterocycles. The fourth-order valence-electron chi connectivity index (χ4n) is 3.04. The van der Waals surface area contributed by atoms with Gasteiger partial charge in [-0.2, -0.15) is 4.31 Å². The van der Waals surface area contributed by atoms with Gasteiger partial charge in [0.15, 0.2) is 0 Å². The van der Waals surface area contributed by atoms with E-state index in [0.29, 0.717) is 30.9 Å². The van der Waals surface area contributed by atoms with E-state index in [4.69, 9.17) is 10.5 Å². The minimum atomic E-state index is -3.71. The Labute approximate surface area is 153 Å². The van der Waals surface area contributed by atoms with Gasteiger partial charge in [-0.3, -0.25) is 4.79 Å². The van der Waals surface area contributed by atoms with Gasteiger partial charge in [0.2, 0.25) is 15.9 Å². The quantitative estimate of drug-likeness (QED) is 0.871. The van der Waals surface area contributed by atoms with Crippen LogP contribution in [0, 0.1) is 12.8 Å². The van der Waals surface area contributed by atoms with Crippen LogP contribution < -0.4 is 10.5 Å². The van der Waals surface area contributed by atoms with Gasteiger partial charge in [0.05, 0.1) is 10.8 Å². The summed E-state index contributed by atoms with van der Waals surface area (Å²) in [5.41, 5.74) is 6.31. The number of sulfonamides is 1. The number of nitrogens with zero attached hydrogens (tertiary/aromatic N) is 1. The normalized spacial score (nSPS) is 18.4. The zero-order valence-electron chi connectivity index (χ0n) is 14.6. The number of hydrogen-bond acceptors (Lipinski definition) is 4. The minimum Gasteiger partial charge on any atom is -0.457 e. The van der Waals surface area contributed by atoms with Gasteiger partial charge >= 0.3 is 0 Å². The van der Waals surface area contributed by atoms with Gasteiger partial charge in [-0.15, -0.1) is 0 Å². The lowest BCUT2D eigenvalue weighted by Gasteiger charge is -2.30. The van der Waals surface area contributed by atoms with Gasteiger partial charge in [-0.1, -0.05) is 24.3 Å². The molecule has 2 aromatic carbocycles. The van der Waals surface area contributed by atoms with Crippen molar-refractivity contribution in [2.75, 3.05) is 13.1 Å². The molecule has 2 N–H and O–H groups in total. The molecule has 1 saturated heterocycles. The summed E-state index contributed by atoms with van der Waals surface area (Å²) < 4.78 is 33.1. The van der Waals surface area contributed by atoms with Crippen molar-refractivity contribution in [3.05, 3.63) is 54.1 Å². The van der Waals surface area contributed by atoms with E-state index in [1.54, 1.807) is 12.1 Å². The number of para-hydroxylation sites is 1. The van der Waals surface area contributed by atoms with Crippen molar-refractivity contribution in [3.8, 4) is 11.5 Å². The molecule has 1 aliphatic rings. The van der Waals surface area contributed by atoms with Gasteiger partial charge in [-0.05, 0) is 43.5 Å². The minimum absolute atomic E-state index is 0.126. The van der Waals surface area contributed by atoms with Crippen LogP contribution in [-0.2, 0) is 14.8 Å². The van der Waals surface area contributed by atoms with E-state index in [2.05, 4.69) is 0 Å². The van der Waals surface area contributed by atoms with Gasteiger partial charge in [0, 0.05) is 19.2 Å². The summed E-state index contributed by atoms with van der Waals surface area (Å²) in [5.74, 6) is 0.226. The van der Waals surface area contributed by atoms with E-state index in [0.717, 1.165) is 5.56 Å². The second kappa shape index (κ2) is 7.47. The average molecular weight is 374 g/mol. The summed E-state index contributed by atoms with van der Waals surface area (Å²) >= 11 is 0. The Hall–Kier alpha value is -2.38. The number of carbonyl (C=O) groups is 1. The SMILES string of the molecule is Cc1ccccc1Oc1cccc(S(=O)(=O)N2CCCC(C(N)=O)C2)c1. The number of hydrogen-bond donors (Lipinski definition) is 1. The molecule has 1 atom stereocenters. The lowest BCUT2D eigenvalue weighted by molar-refractivity contribution is -0.122. The third-order valence-corrected chi connectivity index (χ3v) is 6.41. The van der Waals surface area contributed by atoms with Crippen LogP contribution in [0.4, 0.5) is 0 Å². The molecule has 1 heterocycles. The highest BCUT2D eigenvalue weighted by Crippen LogP contribution is 2.29. The third-order valence-electron chi connectivity index (χ3n) is 4.55. The zero-order valence-corrected chi connectivity index (χ0v) is 15.4. The Morgan fingerprint density at radius 3 is 2.69 bits per heavy atom. The Balaban J connectivity index is 1.84. The highest BCUT2D eigenvalue weighted by atomic mass is 32.2. The highest BCUT2D eigenvalue weighted by Gasteiger charge is 2.32. The third kappa shape index (κ3) is 3.89. The van der Waals surface area contributed by atoms with E-state index in [-0.39, 0.29) is 11.4 Å². The maximum Gasteiger partial charge on any atom is 0.243 e. The van der Waals surface area contributed by atoms with Crippen LogP contribution in [-0.4, -0.2) is 31.7 Å². The van der Waals surface area contributed by atoms with E-state index < -0.39 is 21.8 Å². The molecule has 138 valence electrons. The van der Waals surface area contributed by atoms with Crippen LogP contribution in [0.25, 0.3) is 0 Å². The maximum atomic E-state index is 12.9. The van der Waals surface area contributed by atoms with Crippen LogP contribution in [0.3, 0.4) is 0 Å². The molecule has 0 saturated carbocycles. The number of aryl methyl sites for hydroxylation is 1. The van der Waals surface area contributed by atoms with Crippen molar-refractivity contribution in [2.24, 2.45) is 11.7 Å². The summed E-state index contributed by atoms with van der Waals surface area (Å²) in [6.45, 7) is 2.43. The molecule has 0 bridgehead atoms. The van der Waals surface area contributed by atoms with Crippen LogP contribution >= 0.6 is 0 Å². The summed E-state index contributed by atoms with van der Waals surface area (Å²) in [5, 5.41) is 0. The number of benzene rings is 2. The summed E-state index contributed by atoms with van der Waals surface area (Å²) in [4.78, 5) is 11.6.